The molecule has 0 spiro atoms. The Bertz CT molecular complexity index is 1440. The van der Waals surface area contributed by atoms with Gasteiger partial charge in [0.2, 0.25) is 0 Å². The van der Waals surface area contributed by atoms with Crippen molar-refractivity contribution in [2.24, 2.45) is 5.92 Å². The summed E-state index contributed by atoms with van der Waals surface area (Å²) in [5, 5.41) is 9.93. The van der Waals surface area contributed by atoms with Crippen LogP contribution >= 0.6 is 0 Å². The molecule has 3 atom stereocenters. The highest BCUT2D eigenvalue weighted by molar-refractivity contribution is 7.92. The number of carbonyl (C=O) groups is 1. The van der Waals surface area contributed by atoms with Gasteiger partial charge >= 0.3 is 0 Å². The standard InChI is InChI=1S/C31H39N3O6S/c1-21-9-15-26(16-10-21)41(37,38)32-28-8-6-7-27-30(28)40-29(22(2)17-34(31(27)36)23(3)20-35)19-33(4)18-24-11-13-25(39-5)14-12-24/h6-16,22-23,29,32,35H,17-20H2,1-5H3/t22-,23+,29-/m1/s1. The molecule has 0 unspecified atom stereocenters. The van der Waals surface area contributed by atoms with Gasteiger partial charge in [0.25, 0.3) is 15.9 Å². The number of methoxy groups -OCH3 is 1. The number of hydrogen-bond donors (Lipinski definition) is 2. The number of likely N-dealkylation sites (N-methyl/N-ethyl adjacent to an activating group) is 1. The molecule has 9 nitrogen and oxygen atoms in total. The summed E-state index contributed by atoms with van der Waals surface area (Å²) in [6, 6.07) is 18.8. The van der Waals surface area contributed by atoms with Crippen molar-refractivity contribution < 1.29 is 27.8 Å². The Balaban J connectivity index is 1.68. The Kier molecular flexibility index (Phi) is 9.57. The van der Waals surface area contributed by atoms with Gasteiger partial charge in [-0.3, -0.25) is 14.4 Å². The summed E-state index contributed by atoms with van der Waals surface area (Å²) < 4.78 is 41.1. The minimum absolute atomic E-state index is 0.109. The normalized spacial score (nSPS) is 18.2. The molecule has 3 aromatic rings. The van der Waals surface area contributed by atoms with E-state index in [1.54, 1.807) is 61.4 Å². The molecule has 0 saturated carbocycles. The summed E-state index contributed by atoms with van der Waals surface area (Å²) in [4.78, 5) is 17.6. The number of fused-ring (bicyclic) bond motifs is 1. The van der Waals surface area contributed by atoms with Gasteiger partial charge in [-0.05, 0) is 62.9 Å². The van der Waals surface area contributed by atoms with Crippen LogP contribution in [0.3, 0.4) is 0 Å². The van der Waals surface area contributed by atoms with Gasteiger partial charge in [-0.2, -0.15) is 0 Å². The van der Waals surface area contributed by atoms with Crippen LogP contribution in [0.5, 0.6) is 11.5 Å². The van der Waals surface area contributed by atoms with Crippen molar-refractivity contribution in [3.05, 3.63) is 83.4 Å². The summed E-state index contributed by atoms with van der Waals surface area (Å²) in [6.45, 7) is 7.02. The fraction of sp³-hybridized carbons (Fsp3) is 0.387. The fourth-order valence-electron chi connectivity index (χ4n) is 4.88. The third-order valence-electron chi connectivity index (χ3n) is 7.37. The highest BCUT2D eigenvalue weighted by Gasteiger charge is 2.35. The zero-order chi connectivity index (χ0) is 29.7. The number of nitrogens with one attached hydrogen (secondary N) is 1. The molecular weight excluding hydrogens is 542 g/mol. The number of aryl methyl sites for hydroxylation is 1. The number of rotatable bonds is 10. The van der Waals surface area contributed by atoms with E-state index >= 15 is 0 Å². The Morgan fingerprint density at radius 2 is 1.80 bits per heavy atom. The second kappa shape index (κ2) is 12.9. The third kappa shape index (κ3) is 7.19. The average molecular weight is 582 g/mol. The third-order valence-corrected chi connectivity index (χ3v) is 8.75. The number of ether oxygens (including phenoxy) is 2. The van der Waals surface area contributed by atoms with Crippen molar-refractivity contribution in [3.8, 4) is 11.5 Å². The molecule has 0 saturated heterocycles. The molecule has 1 amide bonds. The Morgan fingerprint density at radius 3 is 2.44 bits per heavy atom. The van der Waals surface area contributed by atoms with Gasteiger partial charge < -0.3 is 19.5 Å². The van der Waals surface area contributed by atoms with Gasteiger partial charge in [0.1, 0.15) is 11.9 Å². The number of sulfonamides is 1. The quantitative estimate of drug-likeness (QED) is 0.370. The lowest BCUT2D eigenvalue weighted by Gasteiger charge is -2.38. The van der Waals surface area contributed by atoms with Crippen LogP contribution in [0.1, 0.15) is 35.3 Å². The number of amides is 1. The zero-order valence-electron chi connectivity index (χ0n) is 24.2. The van der Waals surface area contributed by atoms with Crippen molar-refractivity contribution in [2.45, 2.75) is 44.4 Å². The molecule has 10 heteroatoms. The first-order valence-corrected chi connectivity index (χ1v) is 15.1. The molecule has 0 radical (unpaired) electrons. The van der Waals surface area contributed by atoms with Crippen molar-refractivity contribution in [1.29, 1.82) is 0 Å². The summed E-state index contributed by atoms with van der Waals surface area (Å²) in [6.07, 6.45) is -0.386. The molecule has 0 aromatic heterocycles. The molecule has 0 bridgehead atoms. The fourth-order valence-corrected chi connectivity index (χ4v) is 5.94. The Labute approximate surface area is 242 Å². The van der Waals surface area contributed by atoms with E-state index in [4.69, 9.17) is 9.47 Å². The van der Waals surface area contributed by atoms with Crippen molar-refractivity contribution >= 4 is 21.6 Å². The van der Waals surface area contributed by atoms with Gasteiger partial charge in [-0.15, -0.1) is 0 Å². The maximum Gasteiger partial charge on any atom is 0.262 e. The van der Waals surface area contributed by atoms with Crippen LogP contribution in [0.25, 0.3) is 0 Å². The number of aliphatic hydroxyl groups is 1. The minimum atomic E-state index is -3.95. The van der Waals surface area contributed by atoms with E-state index in [-0.39, 0.29) is 46.4 Å². The summed E-state index contributed by atoms with van der Waals surface area (Å²) in [7, 11) is -0.329. The maximum atomic E-state index is 13.7. The van der Waals surface area contributed by atoms with E-state index in [0.29, 0.717) is 19.6 Å². The van der Waals surface area contributed by atoms with Gasteiger partial charge in [0, 0.05) is 25.6 Å². The number of anilines is 1. The lowest BCUT2D eigenvalue weighted by atomic mass is 9.99. The second-order valence-corrected chi connectivity index (χ2v) is 12.5. The monoisotopic (exact) mass is 581 g/mol. The number of aliphatic hydroxyl groups excluding tert-OH is 1. The van der Waals surface area contributed by atoms with E-state index in [2.05, 4.69) is 9.62 Å². The molecule has 2 N–H and O–H groups in total. The van der Waals surface area contributed by atoms with Crippen molar-refractivity contribution in [1.82, 2.24) is 9.80 Å². The predicted octanol–water partition coefficient (Wildman–Crippen LogP) is 4.16. The predicted molar refractivity (Wildman–Crippen MR) is 159 cm³/mol. The number of para-hydroxylation sites is 1. The van der Waals surface area contributed by atoms with Crippen LogP contribution in [-0.4, -0.2) is 75.2 Å². The van der Waals surface area contributed by atoms with Crippen LogP contribution in [0, 0.1) is 12.8 Å². The first-order valence-electron chi connectivity index (χ1n) is 13.6. The minimum Gasteiger partial charge on any atom is -0.497 e. The molecule has 1 aliphatic rings. The largest absolute Gasteiger partial charge is 0.497 e. The number of carbonyl (C=O) groups excluding carboxylic acids is 1. The molecule has 0 aliphatic carbocycles. The van der Waals surface area contributed by atoms with E-state index in [9.17, 15) is 18.3 Å². The number of hydrogen-bond acceptors (Lipinski definition) is 7. The van der Waals surface area contributed by atoms with Gasteiger partial charge in [-0.25, -0.2) is 8.42 Å². The first kappa shape index (κ1) is 30.4. The van der Waals surface area contributed by atoms with Crippen molar-refractivity contribution in [3.63, 3.8) is 0 Å². The van der Waals surface area contributed by atoms with E-state index in [0.717, 1.165) is 16.9 Å². The van der Waals surface area contributed by atoms with Crippen LogP contribution in [0.4, 0.5) is 5.69 Å². The molecule has 4 rings (SSSR count). The number of nitrogens with zero attached hydrogens (tertiary/aromatic N) is 2. The topological polar surface area (TPSA) is 108 Å². The first-order chi connectivity index (χ1) is 19.5. The van der Waals surface area contributed by atoms with Crippen molar-refractivity contribution in [2.75, 3.05) is 38.6 Å². The van der Waals surface area contributed by atoms with Crippen LogP contribution in [0.2, 0.25) is 0 Å². The lowest BCUT2D eigenvalue weighted by Crippen LogP contribution is -2.49. The van der Waals surface area contributed by atoms with Gasteiger partial charge in [0.15, 0.2) is 5.75 Å². The zero-order valence-corrected chi connectivity index (χ0v) is 25.0. The highest BCUT2D eigenvalue weighted by atomic mass is 32.2. The molecule has 1 heterocycles. The average Bonchev–Trinajstić information content (AvgIpc) is 2.95. The molecular formula is C31H39N3O6S. The van der Waals surface area contributed by atoms with E-state index < -0.39 is 16.1 Å². The Hall–Kier alpha value is -3.60. The SMILES string of the molecule is COc1ccc(CN(C)C[C@H]2Oc3c(NS(=O)(=O)c4ccc(C)cc4)cccc3C(=O)N([C@@H](C)CO)C[C@H]2C)cc1. The molecule has 0 fully saturated rings. The molecule has 41 heavy (non-hydrogen) atoms. The smallest absolute Gasteiger partial charge is 0.262 e. The molecule has 3 aromatic carbocycles. The van der Waals surface area contributed by atoms with Crippen LogP contribution in [0.15, 0.2) is 71.6 Å². The van der Waals surface area contributed by atoms with Gasteiger partial charge in [-0.1, -0.05) is 42.8 Å². The summed E-state index contributed by atoms with van der Waals surface area (Å²) in [5.74, 6) is 0.516. The van der Waals surface area contributed by atoms with Crippen LogP contribution < -0.4 is 14.2 Å². The lowest BCUT2D eigenvalue weighted by molar-refractivity contribution is 0.0344. The Morgan fingerprint density at radius 1 is 1.12 bits per heavy atom. The molecule has 1 aliphatic heterocycles. The van der Waals surface area contributed by atoms with E-state index in [1.165, 1.54) is 0 Å². The van der Waals surface area contributed by atoms with Gasteiger partial charge in [0.05, 0.1) is 35.9 Å². The van der Waals surface area contributed by atoms with Crippen LogP contribution in [-0.2, 0) is 16.6 Å². The van der Waals surface area contributed by atoms with E-state index in [1.807, 2.05) is 45.2 Å². The number of benzene rings is 3. The summed E-state index contributed by atoms with van der Waals surface area (Å²) in [5.41, 5.74) is 2.47. The second-order valence-electron chi connectivity index (χ2n) is 10.8. The maximum absolute atomic E-state index is 13.7. The summed E-state index contributed by atoms with van der Waals surface area (Å²) >= 11 is 0. The molecule has 220 valence electrons. The highest BCUT2D eigenvalue weighted by Crippen LogP contribution is 2.36.